The van der Waals surface area contributed by atoms with Crippen molar-refractivity contribution in [2.45, 2.75) is 65.1 Å². The van der Waals surface area contributed by atoms with Gasteiger partial charge in [0.25, 0.3) is 11.1 Å². The third kappa shape index (κ3) is 7.02. The number of aromatic nitrogens is 8. The Morgan fingerprint density at radius 3 is 1.24 bits per heavy atom. The zero-order valence-electron chi connectivity index (χ0n) is 26.8. The number of aromatic amines is 2. The fraction of sp³-hybridized carbons (Fsp3) is 0.312. The average Bonchev–Trinajstić information content (AvgIpc) is 3.62. The summed E-state index contributed by atoms with van der Waals surface area (Å²) in [6, 6.07) is 9.47. The van der Waals surface area contributed by atoms with E-state index in [1.54, 1.807) is 27.7 Å². The first kappa shape index (κ1) is 35.9. The molecule has 0 aliphatic rings. The fourth-order valence-electron chi connectivity index (χ4n) is 5.41. The van der Waals surface area contributed by atoms with Crippen LogP contribution in [0.5, 0.6) is 0 Å². The highest BCUT2D eigenvalue weighted by Gasteiger charge is 2.32. The van der Waals surface area contributed by atoms with Gasteiger partial charge in [-0.3, -0.25) is 9.59 Å². The van der Waals surface area contributed by atoms with Gasteiger partial charge in [0.05, 0.1) is 35.7 Å². The van der Waals surface area contributed by atoms with E-state index in [1.165, 1.54) is 33.3 Å². The third-order valence-corrected chi connectivity index (χ3v) is 7.97. The zero-order valence-corrected chi connectivity index (χ0v) is 26.8. The summed E-state index contributed by atoms with van der Waals surface area (Å²) in [4.78, 5) is 37.8. The molecule has 0 amide bonds. The molecule has 0 fully saturated rings. The first-order valence-corrected chi connectivity index (χ1v) is 15.0. The first-order valence-electron chi connectivity index (χ1n) is 15.0. The second kappa shape index (κ2) is 13.5. The highest BCUT2D eigenvalue weighted by Crippen LogP contribution is 2.33. The van der Waals surface area contributed by atoms with Gasteiger partial charge < -0.3 is 20.2 Å². The Morgan fingerprint density at radius 1 is 0.640 bits per heavy atom. The molecule has 0 saturated heterocycles. The monoisotopic (exact) mass is 704 g/mol. The second-order valence-electron chi connectivity index (χ2n) is 11.4. The van der Waals surface area contributed by atoms with Crippen molar-refractivity contribution in [3.8, 4) is 0 Å². The summed E-state index contributed by atoms with van der Waals surface area (Å²) in [7, 11) is 0. The Balaban J connectivity index is 0.000000194. The molecule has 50 heavy (non-hydrogen) atoms. The van der Waals surface area contributed by atoms with Crippen molar-refractivity contribution in [2.75, 3.05) is 0 Å². The van der Waals surface area contributed by atoms with Crippen LogP contribution in [-0.4, -0.2) is 49.4 Å². The molecular formula is C32H30F6N8O4. The van der Waals surface area contributed by atoms with E-state index in [9.17, 15) is 46.1 Å². The molecule has 0 aliphatic heterocycles. The maximum Gasteiger partial charge on any atom is 0.416 e. The molecule has 0 saturated carbocycles. The SMILES string of the molecule is Cc1nn2c([C@@H](C)c3ccc(C(F)(F)F)cc3)nc(CO)c2c(=O)[nH]1.Cc1nn2c([C@H](C)c3ccc(C(F)(F)F)cc3)nc(CO)c2c(=O)[nH]1. The second-order valence-corrected chi connectivity index (χ2v) is 11.4. The van der Waals surface area contributed by atoms with Crippen molar-refractivity contribution in [3.05, 3.63) is 126 Å². The van der Waals surface area contributed by atoms with Crippen LogP contribution in [0.4, 0.5) is 26.3 Å². The number of alkyl halides is 6. The molecule has 264 valence electrons. The van der Waals surface area contributed by atoms with Crippen molar-refractivity contribution >= 4 is 11.0 Å². The summed E-state index contributed by atoms with van der Waals surface area (Å²) in [6.07, 6.45) is -8.81. The van der Waals surface area contributed by atoms with Crippen LogP contribution in [-0.2, 0) is 25.6 Å². The van der Waals surface area contributed by atoms with Gasteiger partial charge in [0, 0.05) is 11.8 Å². The molecule has 6 aromatic rings. The molecule has 0 aliphatic carbocycles. The number of aliphatic hydroxyl groups is 2. The molecule has 0 bridgehead atoms. The van der Waals surface area contributed by atoms with E-state index in [0.717, 1.165) is 24.3 Å². The van der Waals surface area contributed by atoms with Gasteiger partial charge in [-0.05, 0) is 49.2 Å². The number of hydrogen-bond donors (Lipinski definition) is 4. The molecule has 4 N–H and O–H groups in total. The molecule has 2 aromatic carbocycles. The van der Waals surface area contributed by atoms with E-state index in [4.69, 9.17) is 0 Å². The maximum absolute atomic E-state index is 12.7. The Bertz CT molecular complexity index is 2110. The summed E-state index contributed by atoms with van der Waals surface area (Å²) < 4.78 is 78.9. The van der Waals surface area contributed by atoms with Crippen LogP contribution in [0.3, 0.4) is 0 Å². The van der Waals surface area contributed by atoms with Crippen molar-refractivity contribution < 1.29 is 36.6 Å². The molecule has 12 nitrogen and oxygen atoms in total. The lowest BCUT2D eigenvalue weighted by Crippen LogP contribution is -2.16. The molecular weight excluding hydrogens is 674 g/mol. The Hall–Kier alpha value is -5.36. The van der Waals surface area contributed by atoms with Crippen molar-refractivity contribution in [3.63, 3.8) is 0 Å². The number of aliphatic hydroxyl groups excluding tert-OH is 2. The number of imidazole rings is 2. The van der Waals surface area contributed by atoms with Crippen LogP contribution >= 0.6 is 0 Å². The lowest BCUT2D eigenvalue weighted by Gasteiger charge is -2.12. The number of nitrogens with zero attached hydrogens (tertiary/aromatic N) is 6. The Labute approximate surface area is 278 Å². The number of fused-ring (bicyclic) bond motifs is 2. The fourth-order valence-corrected chi connectivity index (χ4v) is 5.41. The summed E-state index contributed by atoms with van der Waals surface area (Å²) >= 11 is 0. The Kier molecular flexibility index (Phi) is 9.71. The van der Waals surface area contributed by atoms with Gasteiger partial charge in [-0.15, -0.1) is 0 Å². The molecule has 0 radical (unpaired) electrons. The van der Waals surface area contributed by atoms with Crippen LogP contribution in [0.2, 0.25) is 0 Å². The summed E-state index contributed by atoms with van der Waals surface area (Å²) in [6.45, 7) is 5.81. The van der Waals surface area contributed by atoms with Gasteiger partial charge in [-0.1, -0.05) is 38.1 Å². The minimum Gasteiger partial charge on any atom is -0.390 e. The highest BCUT2D eigenvalue weighted by molar-refractivity contribution is 5.52. The van der Waals surface area contributed by atoms with E-state index in [2.05, 4.69) is 30.1 Å². The topological polar surface area (TPSA) is 167 Å². The quantitative estimate of drug-likeness (QED) is 0.180. The van der Waals surface area contributed by atoms with Gasteiger partial charge >= 0.3 is 12.4 Å². The molecule has 6 rings (SSSR count). The van der Waals surface area contributed by atoms with E-state index in [1.807, 2.05) is 0 Å². The minimum atomic E-state index is -4.40. The molecule has 0 spiro atoms. The van der Waals surface area contributed by atoms with Gasteiger partial charge in [0.2, 0.25) is 0 Å². The molecule has 0 unspecified atom stereocenters. The lowest BCUT2D eigenvalue weighted by atomic mass is 9.99. The first-order chi connectivity index (χ1) is 23.4. The summed E-state index contributed by atoms with van der Waals surface area (Å²) in [5.74, 6) is 0.606. The number of halogens is 6. The van der Waals surface area contributed by atoms with Gasteiger partial charge in [0.1, 0.15) is 23.3 Å². The largest absolute Gasteiger partial charge is 0.416 e. The summed E-state index contributed by atoms with van der Waals surface area (Å²) in [5, 5.41) is 27.3. The van der Waals surface area contributed by atoms with Crippen LogP contribution < -0.4 is 11.1 Å². The van der Waals surface area contributed by atoms with Crippen LogP contribution in [0.15, 0.2) is 58.1 Å². The van der Waals surface area contributed by atoms with Crippen LogP contribution in [0.1, 0.15) is 82.6 Å². The minimum absolute atomic E-state index is 0.127. The van der Waals surface area contributed by atoms with Crippen LogP contribution in [0, 0.1) is 13.8 Å². The van der Waals surface area contributed by atoms with E-state index in [0.29, 0.717) is 34.4 Å². The van der Waals surface area contributed by atoms with Crippen LogP contribution in [0.25, 0.3) is 11.0 Å². The standard InChI is InChI=1S/2C16H15F3N4O2/c2*1-8(10-3-5-11(6-4-10)16(17,18)19)14-21-12(7-24)13-15(25)20-9(2)22-23(13)14/h2*3-6,8,24H,7H2,1-2H3,(H,20,22,25)/t2*8-/m10/s1. The average molecular weight is 705 g/mol. The van der Waals surface area contributed by atoms with E-state index >= 15 is 0 Å². The molecule has 4 aromatic heterocycles. The normalized spacial score (nSPS) is 13.4. The molecule has 18 heteroatoms. The van der Waals surface area contributed by atoms with Gasteiger partial charge in [-0.2, -0.15) is 36.5 Å². The van der Waals surface area contributed by atoms with Gasteiger partial charge in [0.15, 0.2) is 11.0 Å². The zero-order chi connectivity index (χ0) is 36.7. The predicted octanol–water partition coefficient (Wildman–Crippen LogP) is 4.78. The summed E-state index contributed by atoms with van der Waals surface area (Å²) in [5.41, 5.74) is -0.581. The van der Waals surface area contributed by atoms with E-state index in [-0.39, 0.29) is 22.4 Å². The van der Waals surface area contributed by atoms with Crippen molar-refractivity contribution in [1.82, 2.24) is 39.2 Å². The third-order valence-electron chi connectivity index (χ3n) is 7.97. The number of aryl methyl sites for hydroxylation is 2. The number of hydrogen-bond acceptors (Lipinski definition) is 8. The number of nitrogens with one attached hydrogen (secondary N) is 2. The highest BCUT2D eigenvalue weighted by atomic mass is 19.4. The smallest absolute Gasteiger partial charge is 0.390 e. The number of rotatable bonds is 6. The predicted molar refractivity (Wildman–Crippen MR) is 166 cm³/mol. The van der Waals surface area contributed by atoms with Crippen molar-refractivity contribution in [1.29, 1.82) is 0 Å². The van der Waals surface area contributed by atoms with Crippen molar-refractivity contribution in [2.24, 2.45) is 0 Å². The number of benzene rings is 2. The van der Waals surface area contributed by atoms with E-state index < -0.39 is 59.6 Å². The van der Waals surface area contributed by atoms with Gasteiger partial charge in [-0.25, -0.2) is 19.0 Å². The molecule has 4 heterocycles. The maximum atomic E-state index is 12.7. The lowest BCUT2D eigenvalue weighted by molar-refractivity contribution is -0.138. The Morgan fingerprint density at radius 2 is 0.960 bits per heavy atom. The molecule has 2 atom stereocenters. The number of H-pyrrole nitrogens is 2.